The zero-order valence-corrected chi connectivity index (χ0v) is 19.5. The minimum Gasteiger partial charge on any atom is -0.497 e. The fraction of sp³-hybridized carbons (Fsp3) is 0.619. The molecule has 1 aromatic rings. The van der Waals surface area contributed by atoms with Gasteiger partial charge in [-0.05, 0) is 43.4 Å². The number of aliphatic imine (C=N–C) groups is 1. The molecule has 1 saturated carbocycles. The molecule has 0 atom stereocenters. The maximum absolute atomic E-state index is 12.0. The van der Waals surface area contributed by atoms with E-state index in [-0.39, 0.29) is 29.9 Å². The quantitative estimate of drug-likeness (QED) is 0.209. The average Bonchev–Trinajstić information content (AvgIpc) is 2.70. The lowest BCUT2D eigenvalue weighted by atomic mass is 9.87. The monoisotopic (exact) mass is 502 g/mol. The van der Waals surface area contributed by atoms with Crippen LogP contribution in [0.4, 0.5) is 0 Å². The lowest BCUT2D eigenvalue weighted by molar-refractivity contribution is -0.122. The average molecular weight is 502 g/mol. The smallest absolute Gasteiger partial charge is 0.220 e. The van der Waals surface area contributed by atoms with Gasteiger partial charge in [-0.1, -0.05) is 31.4 Å². The van der Waals surface area contributed by atoms with Gasteiger partial charge in [0, 0.05) is 26.1 Å². The summed E-state index contributed by atoms with van der Waals surface area (Å²) >= 11 is 0. The minimum atomic E-state index is 0. The van der Waals surface area contributed by atoms with Crippen molar-refractivity contribution in [3.05, 3.63) is 29.8 Å². The van der Waals surface area contributed by atoms with Gasteiger partial charge in [0.2, 0.25) is 5.91 Å². The Hall–Kier alpha value is -1.51. The molecule has 7 heteroatoms. The predicted octanol–water partition coefficient (Wildman–Crippen LogP) is 3.45. The van der Waals surface area contributed by atoms with Crippen molar-refractivity contribution in [2.45, 2.75) is 52.0 Å². The van der Waals surface area contributed by atoms with E-state index in [0.717, 1.165) is 23.8 Å². The number of hydrogen-bond donors (Lipinski definition) is 3. The molecule has 0 aliphatic heterocycles. The number of benzene rings is 1. The molecule has 0 radical (unpaired) electrons. The van der Waals surface area contributed by atoms with E-state index >= 15 is 0 Å². The van der Waals surface area contributed by atoms with Crippen molar-refractivity contribution in [2.24, 2.45) is 10.9 Å². The summed E-state index contributed by atoms with van der Waals surface area (Å²) in [5.74, 6) is 2.35. The first kappa shape index (κ1) is 24.5. The van der Waals surface area contributed by atoms with Crippen molar-refractivity contribution in [3.8, 4) is 5.75 Å². The van der Waals surface area contributed by atoms with E-state index in [0.29, 0.717) is 32.0 Å². The Morgan fingerprint density at radius 1 is 1.07 bits per heavy atom. The van der Waals surface area contributed by atoms with Crippen LogP contribution in [0.5, 0.6) is 5.75 Å². The molecule has 1 aromatic carbocycles. The van der Waals surface area contributed by atoms with E-state index in [1.807, 2.05) is 31.2 Å². The van der Waals surface area contributed by atoms with Crippen molar-refractivity contribution >= 4 is 35.8 Å². The second-order valence-electron chi connectivity index (χ2n) is 7.03. The van der Waals surface area contributed by atoms with Crippen LogP contribution in [0, 0.1) is 5.92 Å². The van der Waals surface area contributed by atoms with Crippen LogP contribution in [0.3, 0.4) is 0 Å². The number of amides is 1. The zero-order chi connectivity index (χ0) is 19.3. The molecular formula is C21H35IN4O2. The van der Waals surface area contributed by atoms with Crippen LogP contribution in [0.15, 0.2) is 29.3 Å². The number of carbonyl (C=O) groups excluding carboxylic acids is 1. The molecule has 0 saturated heterocycles. The molecule has 0 spiro atoms. The molecule has 0 unspecified atom stereocenters. The molecule has 28 heavy (non-hydrogen) atoms. The van der Waals surface area contributed by atoms with Crippen LogP contribution in [0.25, 0.3) is 0 Å². The van der Waals surface area contributed by atoms with Crippen LogP contribution >= 0.6 is 24.0 Å². The van der Waals surface area contributed by atoms with E-state index < -0.39 is 0 Å². The number of hydrogen-bond acceptors (Lipinski definition) is 3. The number of carbonyl (C=O) groups is 1. The molecule has 1 amide bonds. The largest absolute Gasteiger partial charge is 0.497 e. The molecule has 0 aromatic heterocycles. The van der Waals surface area contributed by atoms with Gasteiger partial charge < -0.3 is 20.7 Å². The first-order valence-corrected chi connectivity index (χ1v) is 10.1. The minimum absolute atomic E-state index is 0. The summed E-state index contributed by atoms with van der Waals surface area (Å²) in [6, 6.07) is 7.90. The molecule has 1 aliphatic rings. The fourth-order valence-corrected chi connectivity index (χ4v) is 3.35. The first-order valence-electron chi connectivity index (χ1n) is 10.1. The van der Waals surface area contributed by atoms with Gasteiger partial charge in [0.05, 0.1) is 13.7 Å². The van der Waals surface area contributed by atoms with Crippen molar-refractivity contribution in [1.82, 2.24) is 16.0 Å². The Bertz CT molecular complexity index is 587. The zero-order valence-electron chi connectivity index (χ0n) is 17.1. The molecule has 6 nitrogen and oxygen atoms in total. The normalized spacial score (nSPS) is 14.7. The number of ether oxygens (including phenoxy) is 1. The van der Waals surface area contributed by atoms with Crippen LogP contribution in [0.1, 0.15) is 51.0 Å². The second-order valence-corrected chi connectivity index (χ2v) is 7.03. The number of rotatable bonds is 9. The summed E-state index contributed by atoms with van der Waals surface area (Å²) in [7, 11) is 1.66. The SMILES string of the molecule is CCNC(=NCc1ccc(OC)cc1)NCCNC(=O)CC1CCCCC1.I. The third-order valence-electron chi connectivity index (χ3n) is 4.86. The standard InChI is InChI=1S/C21H34N4O2.HI/c1-3-22-21(25-16-18-9-11-19(27-2)12-10-18)24-14-13-23-20(26)15-17-7-5-4-6-8-17;/h9-12,17H,3-8,13-16H2,1-2H3,(H,23,26)(H2,22,24,25);1H. The van der Waals surface area contributed by atoms with Gasteiger partial charge in [-0.25, -0.2) is 4.99 Å². The van der Waals surface area contributed by atoms with E-state index in [2.05, 4.69) is 20.9 Å². The number of halogens is 1. The van der Waals surface area contributed by atoms with Crippen LogP contribution in [-0.2, 0) is 11.3 Å². The Morgan fingerprint density at radius 2 is 1.75 bits per heavy atom. The molecule has 3 N–H and O–H groups in total. The van der Waals surface area contributed by atoms with Gasteiger partial charge >= 0.3 is 0 Å². The molecular weight excluding hydrogens is 467 g/mol. The molecule has 2 rings (SSSR count). The third kappa shape index (κ3) is 9.61. The molecule has 1 fully saturated rings. The third-order valence-corrected chi connectivity index (χ3v) is 4.86. The van der Waals surface area contributed by atoms with Crippen LogP contribution in [0.2, 0.25) is 0 Å². The molecule has 1 aliphatic carbocycles. The van der Waals surface area contributed by atoms with Crippen molar-refractivity contribution < 1.29 is 9.53 Å². The maximum atomic E-state index is 12.0. The van der Waals surface area contributed by atoms with Crippen molar-refractivity contribution in [3.63, 3.8) is 0 Å². The first-order chi connectivity index (χ1) is 13.2. The highest BCUT2D eigenvalue weighted by atomic mass is 127. The van der Waals surface area contributed by atoms with E-state index in [9.17, 15) is 4.79 Å². The van der Waals surface area contributed by atoms with E-state index in [4.69, 9.17) is 4.74 Å². The number of methoxy groups -OCH3 is 1. The number of nitrogens with one attached hydrogen (secondary N) is 3. The van der Waals surface area contributed by atoms with Crippen molar-refractivity contribution in [2.75, 3.05) is 26.7 Å². The van der Waals surface area contributed by atoms with Crippen LogP contribution < -0.4 is 20.7 Å². The highest BCUT2D eigenvalue weighted by molar-refractivity contribution is 14.0. The van der Waals surface area contributed by atoms with Gasteiger partial charge in [-0.2, -0.15) is 0 Å². The van der Waals surface area contributed by atoms with E-state index in [1.165, 1.54) is 32.1 Å². The van der Waals surface area contributed by atoms with Gasteiger partial charge in [0.25, 0.3) is 0 Å². The van der Waals surface area contributed by atoms with Crippen molar-refractivity contribution in [1.29, 1.82) is 0 Å². The number of guanidine groups is 1. The number of nitrogens with zero attached hydrogens (tertiary/aromatic N) is 1. The lowest BCUT2D eigenvalue weighted by Crippen LogP contribution is -2.41. The fourth-order valence-electron chi connectivity index (χ4n) is 3.35. The van der Waals surface area contributed by atoms with E-state index in [1.54, 1.807) is 7.11 Å². The van der Waals surface area contributed by atoms with Gasteiger partial charge in [0.15, 0.2) is 5.96 Å². The predicted molar refractivity (Wildman–Crippen MR) is 125 cm³/mol. The Labute approximate surface area is 186 Å². The van der Waals surface area contributed by atoms with Gasteiger partial charge in [-0.15, -0.1) is 24.0 Å². The van der Waals surface area contributed by atoms with Gasteiger partial charge in [0.1, 0.15) is 5.75 Å². The summed E-state index contributed by atoms with van der Waals surface area (Å²) in [5, 5.41) is 9.52. The van der Waals surface area contributed by atoms with Crippen LogP contribution in [-0.4, -0.2) is 38.6 Å². The summed E-state index contributed by atoms with van der Waals surface area (Å²) in [4.78, 5) is 16.6. The maximum Gasteiger partial charge on any atom is 0.220 e. The van der Waals surface area contributed by atoms with Gasteiger partial charge in [-0.3, -0.25) is 4.79 Å². The highest BCUT2D eigenvalue weighted by Crippen LogP contribution is 2.25. The summed E-state index contributed by atoms with van der Waals surface area (Å²) in [6.07, 6.45) is 6.95. The lowest BCUT2D eigenvalue weighted by Gasteiger charge is -2.20. The summed E-state index contributed by atoms with van der Waals surface area (Å²) < 4.78 is 5.17. The molecule has 0 heterocycles. The Balaban J connectivity index is 0.00000392. The highest BCUT2D eigenvalue weighted by Gasteiger charge is 2.16. The Morgan fingerprint density at radius 3 is 2.39 bits per heavy atom. The molecule has 0 bridgehead atoms. The molecule has 158 valence electrons. The Kier molecular flexibility index (Phi) is 12.7. The second kappa shape index (κ2) is 14.5. The summed E-state index contributed by atoms with van der Waals surface area (Å²) in [6.45, 7) is 4.69. The topological polar surface area (TPSA) is 74.8 Å². The summed E-state index contributed by atoms with van der Waals surface area (Å²) in [5.41, 5.74) is 1.12.